The first-order valence-corrected chi connectivity index (χ1v) is 8.63. The molecule has 0 unspecified atom stereocenters. The van der Waals surface area contributed by atoms with Gasteiger partial charge < -0.3 is 9.80 Å². The zero-order chi connectivity index (χ0) is 15.6. The number of likely N-dealkylation sites (N-methyl/N-ethyl adjacent to an activating group) is 1. The average molecular weight is 308 g/mol. The second-order valence-corrected chi connectivity index (χ2v) is 6.79. The Bertz CT molecular complexity index is 670. The summed E-state index contributed by atoms with van der Waals surface area (Å²) in [4.78, 5) is 14.1. The van der Waals surface area contributed by atoms with Gasteiger partial charge in [0.05, 0.1) is 5.69 Å². The second kappa shape index (κ2) is 6.28. The molecule has 120 valence electrons. The van der Waals surface area contributed by atoms with Gasteiger partial charge in [0.15, 0.2) is 0 Å². The molecule has 0 aliphatic carbocycles. The van der Waals surface area contributed by atoms with Crippen LogP contribution in [0.15, 0.2) is 36.7 Å². The molecule has 4 rings (SSSR count). The fourth-order valence-electron chi connectivity index (χ4n) is 3.92. The highest BCUT2D eigenvalue weighted by Gasteiger charge is 2.30. The molecule has 0 bridgehead atoms. The molecule has 2 aliphatic rings. The Morgan fingerprint density at radius 3 is 2.87 bits per heavy atom. The maximum absolute atomic E-state index is 4.69. The summed E-state index contributed by atoms with van der Waals surface area (Å²) >= 11 is 0. The van der Waals surface area contributed by atoms with Gasteiger partial charge in [0, 0.05) is 37.7 Å². The molecule has 0 N–H and O–H groups in total. The molecular formula is C19H24N4. The van der Waals surface area contributed by atoms with Crippen molar-refractivity contribution in [3.8, 4) is 0 Å². The summed E-state index contributed by atoms with van der Waals surface area (Å²) in [6, 6.07) is 11.4. The maximum Gasteiger partial charge on any atom is 0.137 e. The lowest BCUT2D eigenvalue weighted by Gasteiger charge is -2.32. The van der Waals surface area contributed by atoms with Crippen LogP contribution < -0.4 is 4.90 Å². The molecule has 0 radical (unpaired) electrons. The van der Waals surface area contributed by atoms with E-state index < -0.39 is 0 Å². The van der Waals surface area contributed by atoms with E-state index in [9.17, 15) is 0 Å². The Kier molecular flexibility index (Phi) is 4.00. The van der Waals surface area contributed by atoms with Crippen LogP contribution in [-0.4, -0.2) is 41.0 Å². The minimum Gasteiger partial charge on any atom is -0.353 e. The lowest BCUT2D eigenvalue weighted by molar-refractivity contribution is 0.309. The Morgan fingerprint density at radius 2 is 2.00 bits per heavy atom. The predicted octanol–water partition coefficient (Wildman–Crippen LogP) is 2.68. The Labute approximate surface area is 138 Å². The van der Waals surface area contributed by atoms with Crippen LogP contribution in [0.1, 0.15) is 29.7 Å². The highest BCUT2D eigenvalue weighted by molar-refractivity contribution is 5.51. The predicted molar refractivity (Wildman–Crippen MR) is 92.6 cm³/mol. The molecular weight excluding hydrogens is 284 g/mol. The average Bonchev–Trinajstić information content (AvgIpc) is 3.03. The van der Waals surface area contributed by atoms with E-state index in [1.165, 1.54) is 35.5 Å². The molecule has 0 saturated carbocycles. The van der Waals surface area contributed by atoms with Gasteiger partial charge in [-0.2, -0.15) is 0 Å². The number of aromatic nitrogens is 2. The smallest absolute Gasteiger partial charge is 0.137 e. The van der Waals surface area contributed by atoms with Gasteiger partial charge in [0.25, 0.3) is 0 Å². The van der Waals surface area contributed by atoms with Crippen molar-refractivity contribution in [3.05, 3.63) is 53.5 Å². The summed E-state index contributed by atoms with van der Waals surface area (Å²) in [6.45, 7) is 3.18. The molecule has 1 aromatic carbocycles. The minimum absolute atomic E-state index is 0.559. The van der Waals surface area contributed by atoms with Gasteiger partial charge in [-0.1, -0.05) is 30.3 Å². The topological polar surface area (TPSA) is 32.3 Å². The van der Waals surface area contributed by atoms with Crippen molar-refractivity contribution in [1.29, 1.82) is 0 Å². The van der Waals surface area contributed by atoms with Crippen LogP contribution >= 0.6 is 0 Å². The van der Waals surface area contributed by atoms with Crippen molar-refractivity contribution in [2.45, 2.75) is 38.3 Å². The van der Waals surface area contributed by atoms with Gasteiger partial charge >= 0.3 is 0 Å². The molecule has 2 aromatic rings. The molecule has 1 fully saturated rings. The SMILES string of the molecule is CN1CCc2ncnc(N3CCC[C@H]3Cc3ccccc3)c2C1. The van der Waals surface area contributed by atoms with Crippen molar-refractivity contribution in [2.75, 3.05) is 25.0 Å². The summed E-state index contributed by atoms with van der Waals surface area (Å²) in [7, 11) is 2.19. The van der Waals surface area contributed by atoms with Gasteiger partial charge in [0.1, 0.15) is 12.1 Å². The number of hydrogen-bond donors (Lipinski definition) is 0. The quantitative estimate of drug-likeness (QED) is 0.872. The van der Waals surface area contributed by atoms with E-state index in [-0.39, 0.29) is 0 Å². The zero-order valence-corrected chi connectivity index (χ0v) is 13.8. The van der Waals surface area contributed by atoms with Gasteiger partial charge in [-0.3, -0.25) is 0 Å². The number of benzene rings is 1. The molecule has 23 heavy (non-hydrogen) atoms. The second-order valence-electron chi connectivity index (χ2n) is 6.79. The largest absolute Gasteiger partial charge is 0.353 e. The third-order valence-corrected chi connectivity index (χ3v) is 5.13. The number of anilines is 1. The molecule has 0 amide bonds. The summed E-state index contributed by atoms with van der Waals surface area (Å²) < 4.78 is 0. The Balaban J connectivity index is 1.62. The first-order chi connectivity index (χ1) is 11.3. The number of hydrogen-bond acceptors (Lipinski definition) is 4. The highest BCUT2D eigenvalue weighted by Crippen LogP contribution is 2.31. The van der Waals surface area contributed by atoms with Crippen molar-refractivity contribution in [1.82, 2.24) is 14.9 Å². The molecule has 1 aromatic heterocycles. The van der Waals surface area contributed by atoms with Crippen molar-refractivity contribution >= 4 is 5.82 Å². The van der Waals surface area contributed by atoms with Crippen molar-refractivity contribution in [2.24, 2.45) is 0 Å². The first-order valence-electron chi connectivity index (χ1n) is 8.63. The minimum atomic E-state index is 0.559. The van der Waals surface area contributed by atoms with Crippen molar-refractivity contribution < 1.29 is 0 Å². The molecule has 1 atom stereocenters. The van der Waals surface area contributed by atoms with Crippen LogP contribution in [0.2, 0.25) is 0 Å². The third kappa shape index (κ3) is 2.95. The maximum atomic E-state index is 4.69. The van der Waals surface area contributed by atoms with Crippen LogP contribution in [0.4, 0.5) is 5.82 Å². The van der Waals surface area contributed by atoms with Crippen LogP contribution in [-0.2, 0) is 19.4 Å². The van der Waals surface area contributed by atoms with Crippen LogP contribution in [0.3, 0.4) is 0 Å². The van der Waals surface area contributed by atoms with E-state index >= 15 is 0 Å². The van der Waals surface area contributed by atoms with Gasteiger partial charge in [-0.15, -0.1) is 0 Å². The number of fused-ring (bicyclic) bond motifs is 1. The van der Waals surface area contributed by atoms with Crippen LogP contribution in [0.25, 0.3) is 0 Å². The fourth-order valence-corrected chi connectivity index (χ4v) is 3.92. The van der Waals surface area contributed by atoms with E-state index in [1.807, 2.05) is 0 Å². The first kappa shape index (κ1) is 14.6. The monoisotopic (exact) mass is 308 g/mol. The number of nitrogens with zero attached hydrogens (tertiary/aromatic N) is 4. The third-order valence-electron chi connectivity index (χ3n) is 5.13. The summed E-state index contributed by atoms with van der Waals surface area (Å²) in [6.07, 6.45) is 6.42. The molecule has 4 nitrogen and oxygen atoms in total. The van der Waals surface area contributed by atoms with Crippen molar-refractivity contribution in [3.63, 3.8) is 0 Å². The van der Waals surface area contributed by atoms with E-state index in [0.717, 1.165) is 32.5 Å². The summed E-state index contributed by atoms with van der Waals surface area (Å²) in [5.41, 5.74) is 4.02. The van der Waals surface area contributed by atoms with Crippen LogP contribution in [0, 0.1) is 0 Å². The zero-order valence-electron chi connectivity index (χ0n) is 13.8. The van der Waals surface area contributed by atoms with E-state index in [4.69, 9.17) is 0 Å². The lowest BCUT2D eigenvalue weighted by atomic mass is 10.0. The van der Waals surface area contributed by atoms with Gasteiger partial charge in [-0.05, 0) is 31.9 Å². The molecule has 2 aliphatic heterocycles. The van der Waals surface area contributed by atoms with Gasteiger partial charge in [0.2, 0.25) is 0 Å². The summed E-state index contributed by atoms with van der Waals surface area (Å²) in [5, 5.41) is 0. The van der Waals surface area contributed by atoms with E-state index in [1.54, 1.807) is 6.33 Å². The standard InChI is InChI=1S/C19H24N4/c1-22-11-9-18-17(13-22)19(21-14-20-18)23-10-5-8-16(23)12-15-6-3-2-4-7-15/h2-4,6-7,14,16H,5,8-13H2,1H3/t16-/m0/s1. The molecule has 3 heterocycles. The molecule has 1 saturated heterocycles. The number of rotatable bonds is 3. The fraction of sp³-hybridized carbons (Fsp3) is 0.474. The highest BCUT2D eigenvalue weighted by atomic mass is 15.2. The Hall–Kier alpha value is -1.94. The lowest BCUT2D eigenvalue weighted by Crippen LogP contribution is -2.35. The summed E-state index contributed by atoms with van der Waals surface area (Å²) in [5.74, 6) is 1.18. The van der Waals surface area contributed by atoms with Crippen LogP contribution in [0.5, 0.6) is 0 Å². The van der Waals surface area contributed by atoms with E-state index in [2.05, 4.69) is 57.1 Å². The normalized spacial score (nSPS) is 21.4. The molecule has 4 heteroatoms. The van der Waals surface area contributed by atoms with Gasteiger partial charge in [-0.25, -0.2) is 9.97 Å². The molecule has 0 spiro atoms. The van der Waals surface area contributed by atoms with E-state index in [0.29, 0.717) is 6.04 Å². The Morgan fingerprint density at radius 1 is 1.13 bits per heavy atom.